The topological polar surface area (TPSA) is 86.5 Å². The van der Waals surface area contributed by atoms with E-state index in [1.54, 1.807) is 12.1 Å². The first-order valence-electron chi connectivity index (χ1n) is 5.99. The summed E-state index contributed by atoms with van der Waals surface area (Å²) < 4.78 is 10.3. The molecular weight excluding hydrogens is 294 g/mol. The van der Waals surface area contributed by atoms with Crippen LogP contribution in [0.15, 0.2) is 30.6 Å². The van der Waals surface area contributed by atoms with Crippen LogP contribution in [-0.4, -0.2) is 25.1 Å². The summed E-state index contributed by atoms with van der Waals surface area (Å²) in [5.74, 6) is 0.467. The molecule has 0 spiro atoms. The maximum atomic E-state index is 12.2. The minimum absolute atomic E-state index is 0.287. The number of hydrogen-bond acceptors (Lipinski definition) is 5. The van der Waals surface area contributed by atoms with Crippen molar-refractivity contribution in [2.24, 2.45) is 0 Å². The maximum Gasteiger partial charge on any atom is 0.257 e. The molecule has 2 rings (SSSR count). The number of halogens is 1. The lowest BCUT2D eigenvalue weighted by atomic mass is 10.2. The predicted octanol–water partition coefficient (Wildman–Crippen LogP) is 2.59. The van der Waals surface area contributed by atoms with E-state index in [1.807, 2.05) is 0 Å². The van der Waals surface area contributed by atoms with Crippen LogP contribution in [0.5, 0.6) is 11.5 Å². The summed E-state index contributed by atoms with van der Waals surface area (Å²) >= 11 is 6.01. The van der Waals surface area contributed by atoms with E-state index in [0.29, 0.717) is 27.8 Å². The number of hydrogen-bond donors (Lipinski definition) is 2. The Balaban J connectivity index is 2.35. The number of nitrogens with zero attached hydrogens (tertiary/aromatic N) is 1. The van der Waals surface area contributed by atoms with Crippen LogP contribution in [0.3, 0.4) is 0 Å². The third kappa shape index (κ3) is 3.17. The molecule has 7 heteroatoms. The van der Waals surface area contributed by atoms with Gasteiger partial charge in [-0.2, -0.15) is 0 Å². The molecule has 2 aromatic rings. The zero-order chi connectivity index (χ0) is 15.4. The van der Waals surface area contributed by atoms with Gasteiger partial charge in [-0.3, -0.25) is 9.78 Å². The summed E-state index contributed by atoms with van der Waals surface area (Å²) in [5.41, 5.74) is 6.76. The van der Waals surface area contributed by atoms with Gasteiger partial charge in [-0.05, 0) is 6.07 Å². The lowest BCUT2D eigenvalue weighted by Gasteiger charge is -2.13. The van der Waals surface area contributed by atoms with E-state index >= 15 is 0 Å². The molecule has 21 heavy (non-hydrogen) atoms. The van der Waals surface area contributed by atoms with Crippen molar-refractivity contribution in [3.05, 3.63) is 41.2 Å². The monoisotopic (exact) mass is 307 g/mol. The number of ether oxygens (including phenoxy) is 2. The maximum absolute atomic E-state index is 12.2. The number of pyridine rings is 1. The van der Waals surface area contributed by atoms with Crippen LogP contribution < -0.4 is 20.5 Å². The highest BCUT2D eigenvalue weighted by atomic mass is 35.5. The van der Waals surface area contributed by atoms with Crippen LogP contribution in [0.25, 0.3) is 0 Å². The molecule has 6 nitrogen and oxygen atoms in total. The molecule has 110 valence electrons. The van der Waals surface area contributed by atoms with Gasteiger partial charge >= 0.3 is 0 Å². The quantitative estimate of drug-likeness (QED) is 0.906. The largest absolute Gasteiger partial charge is 0.495 e. The van der Waals surface area contributed by atoms with Crippen molar-refractivity contribution in [2.45, 2.75) is 0 Å². The molecule has 3 N–H and O–H groups in total. The smallest absolute Gasteiger partial charge is 0.257 e. The van der Waals surface area contributed by atoms with Gasteiger partial charge in [0.15, 0.2) is 0 Å². The molecule has 0 aliphatic heterocycles. The fourth-order valence-electron chi connectivity index (χ4n) is 1.76. The van der Waals surface area contributed by atoms with Gasteiger partial charge in [0.1, 0.15) is 11.5 Å². The van der Waals surface area contributed by atoms with Gasteiger partial charge in [0, 0.05) is 18.3 Å². The van der Waals surface area contributed by atoms with Crippen molar-refractivity contribution in [1.82, 2.24) is 4.98 Å². The number of nitrogen functional groups attached to an aromatic ring is 1. The van der Waals surface area contributed by atoms with E-state index in [1.165, 1.54) is 32.7 Å². The van der Waals surface area contributed by atoms with Crippen molar-refractivity contribution in [3.63, 3.8) is 0 Å². The molecule has 1 aromatic heterocycles. The Bertz CT molecular complexity index is 677. The Morgan fingerprint density at radius 3 is 2.62 bits per heavy atom. The number of methoxy groups -OCH3 is 2. The van der Waals surface area contributed by atoms with Crippen LogP contribution >= 0.6 is 11.6 Å². The van der Waals surface area contributed by atoms with Gasteiger partial charge in [0.05, 0.1) is 42.4 Å². The molecule has 0 fully saturated rings. The molecule has 1 aromatic carbocycles. The van der Waals surface area contributed by atoms with Crippen LogP contribution in [-0.2, 0) is 0 Å². The van der Waals surface area contributed by atoms with Gasteiger partial charge in [-0.15, -0.1) is 0 Å². The molecule has 0 aliphatic carbocycles. The number of nitrogens with one attached hydrogen (secondary N) is 1. The van der Waals surface area contributed by atoms with E-state index in [2.05, 4.69) is 10.3 Å². The highest BCUT2D eigenvalue weighted by molar-refractivity contribution is 6.32. The molecular formula is C14H14ClN3O3. The molecule has 0 saturated carbocycles. The molecule has 0 unspecified atom stereocenters. The second kappa shape index (κ2) is 6.32. The SMILES string of the molecule is COc1cc(NC(=O)c2ccncc2N)c(OC)cc1Cl. The van der Waals surface area contributed by atoms with Gasteiger partial charge in [-0.25, -0.2) is 0 Å². The molecule has 0 bridgehead atoms. The number of benzene rings is 1. The van der Waals surface area contributed by atoms with Crippen LogP contribution in [0.1, 0.15) is 10.4 Å². The summed E-state index contributed by atoms with van der Waals surface area (Å²) in [5, 5.41) is 3.10. The van der Waals surface area contributed by atoms with Crippen molar-refractivity contribution in [1.29, 1.82) is 0 Å². The Labute approximate surface area is 126 Å². The lowest BCUT2D eigenvalue weighted by molar-refractivity contribution is 0.102. The highest BCUT2D eigenvalue weighted by Crippen LogP contribution is 2.36. The molecule has 0 atom stereocenters. The van der Waals surface area contributed by atoms with Gasteiger partial charge in [0.2, 0.25) is 0 Å². The average molecular weight is 308 g/mol. The zero-order valence-corrected chi connectivity index (χ0v) is 12.3. The fourth-order valence-corrected chi connectivity index (χ4v) is 1.99. The molecule has 0 radical (unpaired) electrons. The van der Waals surface area contributed by atoms with Gasteiger partial charge in [0.25, 0.3) is 5.91 Å². The summed E-state index contributed by atoms with van der Waals surface area (Å²) in [6.07, 6.45) is 2.90. The number of amides is 1. The third-order valence-electron chi connectivity index (χ3n) is 2.82. The van der Waals surface area contributed by atoms with Crippen molar-refractivity contribution in [3.8, 4) is 11.5 Å². The second-order valence-corrected chi connectivity index (χ2v) is 4.51. The summed E-state index contributed by atoms with van der Waals surface area (Å²) in [4.78, 5) is 16.1. The Morgan fingerprint density at radius 1 is 1.29 bits per heavy atom. The first-order valence-corrected chi connectivity index (χ1v) is 6.37. The van der Waals surface area contributed by atoms with Gasteiger partial charge in [-0.1, -0.05) is 11.6 Å². The number of carbonyl (C=O) groups excluding carboxylic acids is 1. The van der Waals surface area contributed by atoms with E-state index in [9.17, 15) is 4.79 Å². The van der Waals surface area contributed by atoms with Crippen molar-refractivity contribution < 1.29 is 14.3 Å². The van der Waals surface area contributed by atoms with E-state index < -0.39 is 0 Å². The molecule has 1 amide bonds. The number of anilines is 2. The van der Waals surface area contributed by atoms with Crippen molar-refractivity contribution >= 4 is 28.9 Å². The first kappa shape index (κ1) is 14.9. The predicted molar refractivity (Wildman–Crippen MR) is 81.2 cm³/mol. The van der Waals surface area contributed by atoms with E-state index in [-0.39, 0.29) is 11.6 Å². The minimum Gasteiger partial charge on any atom is -0.495 e. The number of aromatic nitrogens is 1. The Kier molecular flexibility index (Phi) is 4.49. The highest BCUT2D eigenvalue weighted by Gasteiger charge is 2.15. The lowest BCUT2D eigenvalue weighted by Crippen LogP contribution is -2.15. The zero-order valence-electron chi connectivity index (χ0n) is 11.5. The standard InChI is InChI=1S/C14H14ClN3O3/c1-20-12-6-11(13(21-2)5-9(12)15)18-14(19)8-3-4-17-7-10(8)16/h3-7H,16H2,1-2H3,(H,18,19). The van der Waals surface area contributed by atoms with E-state index in [0.717, 1.165) is 0 Å². The number of nitrogens with two attached hydrogens (primary N) is 1. The molecule has 1 heterocycles. The van der Waals surface area contributed by atoms with Gasteiger partial charge < -0.3 is 20.5 Å². The summed E-state index contributed by atoms with van der Waals surface area (Å²) in [7, 11) is 2.97. The second-order valence-electron chi connectivity index (χ2n) is 4.10. The Hall–Kier alpha value is -2.47. The fraction of sp³-hybridized carbons (Fsp3) is 0.143. The van der Waals surface area contributed by atoms with E-state index in [4.69, 9.17) is 26.8 Å². The number of rotatable bonds is 4. The first-order chi connectivity index (χ1) is 10.1. The van der Waals surface area contributed by atoms with Crippen LogP contribution in [0, 0.1) is 0 Å². The third-order valence-corrected chi connectivity index (χ3v) is 3.11. The Morgan fingerprint density at radius 2 is 2.00 bits per heavy atom. The van der Waals surface area contributed by atoms with Crippen molar-refractivity contribution in [2.75, 3.05) is 25.3 Å². The summed E-state index contributed by atoms with van der Waals surface area (Å²) in [6.45, 7) is 0. The normalized spacial score (nSPS) is 10.0. The average Bonchev–Trinajstić information content (AvgIpc) is 2.48. The summed E-state index contributed by atoms with van der Waals surface area (Å²) in [6, 6.07) is 4.67. The minimum atomic E-state index is -0.377. The number of carbonyl (C=O) groups is 1. The van der Waals surface area contributed by atoms with Crippen LogP contribution in [0.2, 0.25) is 5.02 Å². The molecule has 0 saturated heterocycles. The van der Waals surface area contributed by atoms with Crippen LogP contribution in [0.4, 0.5) is 11.4 Å². The molecule has 0 aliphatic rings.